The number of nitrogens with one attached hydrogen (secondary N) is 1. The molecule has 1 rings (SSSR count). The lowest BCUT2D eigenvalue weighted by Gasteiger charge is -2.36. The summed E-state index contributed by atoms with van der Waals surface area (Å²) in [7, 11) is -0.887. The summed E-state index contributed by atoms with van der Waals surface area (Å²) in [6.45, 7) is 6.86. The van der Waals surface area contributed by atoms with Crippen LogP contribution in [0.1, 0.15) is 52.9 Å². The smallest absolute Gasteiger partial charge is 0.152 e. The molecule has 0 saturated heterocycles. The summed E-state index contributed by atoms with van der Waals surface area (Å²) >= 11 is 0. The summed E-state index contributed by atoms with van der Waals surface area (Å²) in [5, 5.41) is 3.04. The first-order valence-electron chi connectivity index (χ1n) is 7.76. The van der Waals surface area contributed by atoms with Crippen LogP contribution in [0.25, 0.3) is 0 Å². The summed E-state index contributed by atoms with van der Waals surface area (Å²) < 4.78 is 23.9. The second-order valence-corrected chi connectivity index (χ2v) is 9.05. The standard InChI is InChI=1S/C15H31NO2S/c1-5-13-6-7-15(11-16-4)14(10-13)8-9-19(17,18)12(2)3/h12-16H,5-11H2,1-4H3. The van der Waals surface area contributed by atoms with E-state index in [1.165, 1.54) is 25.7 Å². The average Bonchev–Trinajstić information content (AvgIpc) is 2.37. The third-order valence-corrected chi connectivity index (χ3v) is 7.02. The van der Waals surface area contributed by atoms with Gasteiger partial charge in [-0.25, -0.2) is 8.42 Å². The highest BCUT2D eigenvalue weighted by Crippen LogP contribution is 2.37. The Morgan fingerprint density at radius 3 is 2.42 bits per heavy atom. The molecule has 1 N–H and O–H groups in total. The van der Waals surface area contributed by atoms with Gasteiger partial charge in [0.15, 0.2) is 9.84 Å². The van der Waals surface area contributed by atoms with Crippen molar-refractivity contribution < 1.29 is 8.42 Å². The normalized spacial score (nSPS) is 28.8. The fourth-order valence-electron chi connectivity index (χ4n) is 3.23. The molecule has 0 amide bonds. The Morgan fingerprint density at radius 1 is 1.21 bits per heavy atom. The molecule has 0 bridgehead atoms. The molecule has 1 saturated carbocycles. The minimum absolute atomic E-state index is 0.235. The van der Waals surface area contributed by atoms with Gasteiger partial charge in [0, 0.05) is 0 Å². The lowest BCUT2D eigenvalue weighted by Crippen LogP contribution is -2.33. The zero-order valence-corrected chi connectivity index (χ0v) is 13.8. The van der Waals surface area contributed by atoms with Crippen molar-refractivity contribution in [2.45, 2.75) is 58.1 Å². The zero-order valence-electron chi connectivity index (χ0n) is 13.0. The van der Waals surface area contributed by atoms with E-state index < -0.39 is 9.84 Å². The molecule has 3 nitrogen and oxygen atoms in total. The van der Waals surface area contributed by atoms with E-state index in [9.17, 15) is 8.42 Å². The van der Waals surface area contributed by atoms with Gasteiger partial charge in [0.05, 0.1) is 11.0 Å². The van der Waals surface area contributed by atoms with E-state index in [4.69, 9.17) is 0 Å². The molecule has 1 aliphatic carbocycles. The van der Waals surface area contributed by atoms with Gasteiger partial charge in [0.1, 0.15) is 0 Å². The summed E-state index contributed by atoms with van der Waals surface area (Å²) in [6, 6.07) is 0. The van der Waals surface area contributed by atoms with Crippen LogP contribution in [0, 0.1) is 17.8 Å². The van der Waals surface area contributed by atoms with Gasteiger partial charge in [-0.15, -0.1) is 0 Å². The zero-order chi connectivity index (χ0) is 14.5. The Kier molecular flexibility index (Phi) is 6.81. The number of hydrogen-bond acceptors (Lipinski definition) is 3. The third-order valence-electron chi connectivity index (χ3n) is 4.78. The van der Waals surface area contributed by atoms with E-state index in [1.54, 1.807) is 13.8 Å². The van der Waals surface area contributed by atoms with E-state index in [2.05, 4.69) is 12.2 Å². The molecule has 1 fully saturated rings. The Bertz CT molecular complexity index is 351. The van der Waals surface area contributed by atoms with Gasteiger partial charge >= 0.3 is 0 Å². The highest BCUT2D eigenvalue weighted by atomic mass is 32.2. The Morgan fingerprint density at radius 2 is 1.89 bits per heavy atom. The maximum atomic E-state index is 12.0. The van der Waals surface area contributed by atoms with Crippen molar-refractivity contribution in [2.24, 2.45) is 17.8 Å². The fraction of sp³-hybridized carbons (Fsp3) is 1.00. The van der Waals surface area contributed by atoms with Crippen LogP contribution in [0.4, 0.5) is 0 Å². The molecule has 0 aliphatic heterocycles. The van der Waals surface area contributed by atoms with Gasteiger partial charge in [-0.05, 0) is 64.5 Å². The van der Waals surface area contributed by atoms with Gasteiger partial charge < -0.3 is 5.32 Å². The van der Waals surface area contributed by atoms with Crippen molar-refractivity contribution in [3.05, 3.63) is 0 Å². The predicted octanol–water partition coefficient (Wildman–Crippen LogP) is 2.86. The van der Waals surface area contributed by atoms with Crippen LogP contribution >= 0.6 is 0 Å². The molecular weight excluding hydrogens is 258 g/mol. The molecule has 1 aliphatic rings. The topological polar surface area (TPSA) is 46.2 Å². The Balaban J connectivity index is 2.59. The second-order valence-electron chi connectivity index (χ2n) is 6.37. The lowest BCUT2D eigenvalue weighted by atomic mass is 9.72. The van der Waals surface area contributed by atoms with E-state index >= 15 is 0 Å². The van der Waals surface area contributed by atoms with Crippen LogP contribution in [0.5, 0.6) is 0 Å². The van der Waals surface area contributed by atoms with Crippen LogP contribution in [0.3, 0.4) is 0 Å². The van der Waals surface area contributed by atoms with Crippen molar-refractivity contribution >= 4 is 9.84 Å². The fourth-order valence-corrected chi connectivity index (χ4v) is 4.33. The van der Waals surface area contributed by atoms with Crippen LogP contribution in [0.15, 0.2) is 0 Å². The minimum Gasteiger partial charge on any atom is -0.319 e. The molecule has 3 unspecified atom stereocenters. The molecule has 0 radical (unpaired) electrons. The Hall–Kier alpha value is -0.0900. The monoisotopic (exact) mass is 289 g/mol. The van der Waals surface area contributed by atoms with Gasteiger partial charge in [0.2, 0.25) is 0 Å². The number of rotatable bonds is 7. The molecule has 0 aromatic carbocycles. The van der Waals surface area contributed by atoms with Gasteiger partial charge in [-0.1, -0.05) is 19.8 Å². The minimum atomic E-state index is -2.88. The first-order valence-corrected chi connectivity index (χ1v) is 9.48. The van der Waals surface area contributed by atoms with Crippen LogP contribution in [-0.4, -0.2) is 33.0 Å². The molecule has 4 heteroatoms. The molecule has 3 atom stereocenters. The van der Waals surface area contributed by atoms with Gasteiger partial charge in [0.25, 0.3) is 0 Å². The summed E-state index contributed by atoms with van der Waals surface area (Å²) in [5.74, 6) is 2.42. The van der Waals surface area contributed by atoms with Gasteiger partial charge in [-0.2, -0.15) is 0 Å². The van der Waals surface area contributed by atoms with Crippen LogP contribution in [-0.2, 0) is 9.84 Å². The summed E-state index contributed by atoms with van der Waals surface area (Å²) in [5.41, 5.74) is 0. The predicted molar refractivity (Wildman–Crippen MR) is 82.1 cm³/mol. The molecule has 0 heterocycles. The summed E-state index contributed by atoms with van der Waals surface area (Å²) in [6.07, 6.45) is 5.88. The number of sulfone groups is 1. The van der Waals surface area contributed by atoms with E-state index in [0.29, 0.717) is 17.6 Å². The van der Waals surface area contributed by atoms with Crippen molar-refractivity contribution in [3.8, 4) is 0 Å². The number of hydrogen-bond donors (Lipinski definition) is 1. The molecule has 0 aromatic heterocycles. The molecule has 0 aromatic rings. The molecule has 114 valence electrons. The van der Waals surface area contributed by atoms with E-state index in [-0.39, 0.29) is 5.25 Å². The third kappa shape index (κ3) is 5.07. The van der Waals surface area contributed by atoms with E-state index in [0.717, 1.165) is 18.9 Å². The highest BCUT2D eigenvalue weighted by molar-refractivity contribution is 7.91. The first-order chi connectivity index (χ1) is 8.90. The Labute approximate surface area is 119 Å². The maximum absolute atomic E-state index is 12.0. The quantitative estimate of drug-likeness (QED) is 0.784. The highest BCUT2D eigenvalue weighted by Gasteiger charge is 2.30. The van der Waals surface area contributed by atoms with Crippen molar-refractivity contribution in [1.82, 2.24) is 5.32 Å². The second kappa shape index (κ2) is 7.63. The van der Waals surface area contributed by atoms with Crippen LogP contribution < -0.4 is 5.32 Å². The lowest BCUT2D eigenvalue weighted by molar-refractivity contribution is 0.170. The van der Waals surface area contributed by atoms with Crippen molar-refractivity contribution in [2.75, 3.05) is 19.3 Å². The molecule has 19 heavy (non-hydrogen) atoms. The molecular formula is C15H31NO2S. The van der Waals surface area contributed by atoms with Crippen LogP contribution in [0.2, 0.25) is 0 Å². The molecule has 0 spiro atoms. The summed E-state index contributed by atoms with van der Waals surface area (Å²) in [4.78, 5) is 0. The van der Waals surface area contributed by atoms with Gasteiger partial charge in [-0.3, -0.25) is 0 Å². The SMILES string of the molecule is CCC1CCC(CNC)C(CCS(=O)(=O)C(C)C)C1. The van der Waals surface area contributed by atoms with Crippen molar-refractivity contribution in [1.29, 1.82) is 0 Å². The largest absolute Gasteiger partial charge is 0.319 e. The van der Waals surface area contributed by atoms with Crippen molar-refractivity contribution in [3.63, 3.8) is 0 Å². The van der Waals surface area contributed by atoms with E-state index in [1.807, 2.05) is 7.05 Å². The first kappa shape index (κ1) is 17.0. The maximum Gasteiger partial charge on any atom is 0.152 e. The average molecular weight is 289 g/mol.